The molecule has 1 saturated carbocycles. The first-order valence-corrected chi connectivity index (χ1v) is 8.88. The Kier molecular flexibility index (Phi) is 4.88. The Hall–Kier alpha value is -2.24. The molecule has 25 heavy (non-hydrogen) atoms. The van der Waals surface area contributed by atoms with Gasteiger partial charge in [-0.05, 0) is 25.0 Å². The molecule has 2 fully saturated rings. The molecule has 2 N–H and O–H groups in total. The number of nitrogens with one attached hydrogen (secondary N) is 1. The van der Waals surface area contributed by atoms with Crippen molar-refractivity contribution in [3.8, 4) is 5.75 Å². The van der Waals surface area contributed by atoms with Crippen molar-refractivity contribution < 1.29 is 19.4 Å². The largest absolute Gasteiger partial charge is 0.490 e. The summed E-state index contributed by atoms with van der Waals surface area (Å²) in [4.78, 5) is 25.2. The van der Waals surface area contributed by atoms with E-state index in [-0.39, 0.29) is 29.5 Å². The highest BCUT2D eigenvalue weighted by Gasteiger charge is 2.51. The molecule has 0 radical (unpaired) electrons. The molecule has 1 aliphatic carbocycles. The van der Waals surface area contributed by atoms with Gasteiger partial charge < -0.3 is 20.1 Å². The van der Waals surface area contributed by atoms with Crippen molar-refractivity contribution >= 4 is 12.0 Å². The highest BCUT2D eigenvalue weighted by Crippen LogP contribution is 2.43. The fourth-order valence-electron chi connectivity index (χ4n) is 3.56. The monoisotopic (exact) mass is 346 g/mol. The van der Waals surface area contributed by atoms with Gasteiger partial charge in [0.05, 0.1) is 5.92 Å². The number of aliphatic carboxylic acids is 1. The van der Waals surface area contributed by atoms with E-state index in [4.69, 9.17) is 9.84 Å². The maximum Gasteiger partial charge on any atom is 0.317 e. The standard InChI is InChI=1S/C19H26N2O4/c1-19(2)15(12-16(19)25-14-6-4-3-5-7-14)20-18(24)21-10-8-13(9-11-21)17(22)23/h3-7,13,15-16H,8-12H2,1-2H3,(H,20,24)(H,22,23)/t15-,16+/m0/s1. The summed E-state index contributed by atoms with van der Waals surface area (Å²) in [5.41, 5.74) is -0.148. The fourth-order valence-corrected chi connectivity index (χ4v) is 3.56. The first-order chi connectivity index (χ1) is 11.9. The van der Waals surface area contributed by atoms with Crippen molar-refractivity contribution in [1.29, 1.82) is 0 Å². The number of rotatable bonds is 4. The lowest BCUT2D eigenvalue weighted by molar-refractivity contribution is -0.143. The smallest absolute Gasteiger partial charge is 0.317 e. The SMILES string of the molecule is CC1(C)[C@@H](NC(=O)N2CCC(C(=O)O)CC2)C[C@H]1Oc1ccccc1. The normalized spacial score (nSPS) is 25.8. The summed E-state index contributed by atoms with van der Waals surface area (Å²) < 4.78 is 6.03. The van der Waals surface area contributed by atoms with Gasteiger partial charge in [0.15, 0.2) is 0 Å². The van der Waals surface area contributed by atoms with Gasteiger partial charge in [-0.3, -0.25) is 4.79 Å². The summed E-state index contributed by atoms with van der Waals surface area (Å²) in [5, 5.41) is 12.1. The molecule has 6 nitrogen and oxygen atoms in total. The van der Waals surface area contributed by atoms with Crippen LogP contribution in [-0.4, -0.2) is 47.2 Å². The number of amides is 2. The molecule has 2 atom stereocenters. The fraction of sp³-hybridized carbons (Fsp3) is 0.579. The Morgan fingerprint density at radius 3 is 2.40 bits per heavy atom. The number of carboxylic acids is 1. The van der Waals surface area contributed by atoms with Crippen LogP contribution in [0.1, 0.15) is 33.1 Å². The molecule has 0 aromatic heterocycles. The van der Waals surface area contributed by atoms with E-state index in [9.17, 15) is 9.59 Å². The Bertz CT molecular complexity index is 624. The zero-order valence-corrected chi connectivity index (χ0v) is 14.8. The molecular weight excluding hydrogens is 320 g/mol. The lowest BCUT2D eigenvalue weighted by atomic mass is 9.64. The molecule has 2 aliphatic rings. The highest BCUT2D eigenvalue weighted by atomic mass is 16.5. The third-order valence-corrected chi connectivity index (χ3v) is 5.63. The zero-order valence-electron chi connectivity index (χ0n) is 14.8. The first-order valence-electron chi connectivity index (χ1n) is 8.88. The van der Waals surface area contributed by atoms with Gasteiger partial charge in [-0.25, -0.2) is 4.79 Å². The molecular formula is C19H26N2O4. The van der Waals surface area contributed by atoms with Gasteiger partial charge in [-0.2, -0.15) is 0 Å². The van der Waals surface area contributed by atoms with Crippen molar-refractivity contribution in [3.63, 3.8) is 0 Å². The lowest BCUT2D eigenvalue weighted by Gasteiger charge is -2.51. The summed E-state index contributed by atoms with van der Waals surface area (Å²) in [6, 6.07) is 9.69. The number of benzene rings is 1. The molecule has 0 spiro atoms. The van der Waals surface area contributed by atoms with Crippen LogP contribution in [0.2, 0.25) is 0 Å². The Balaban J connectivity index is 1.49. The number of carbonyl (C=O) groups is 2. The number of urea groups is 1. The van der Waals surface area contributed by atoms with Crippen LogP contribution in [0.5, 0.6) is 5.75 Å². The highest BCUT2D eigenvalue weighted by molar-refractivity contribution is 5.76. The summed E-state index contributed by atoms with van der Waals surface area (Å²) in [5.74, 6) is -0.241. The molecule has 6 heteroatoms. The molecule has 1 aromatic rings. The molecule has 1 aliphatic heterocycles. The summed E-state index contributed by atoms with van der Waals surface area (Å²) in [6.07, 6.45) is 1.89. The number of ether oxygens (including phenoxy) is 1. The van der Waals surface area contributed by atoms with Crippen LogP contribution in [0, 0.1) is 11.3 Å². The number of likely N-dealkylation sites (tertiary alicyclic amines) is 1. The van der Waals surface area contributed by atoms with E-state index in [1.54, 1.807) is 4.90 Å². The van der Waals surface area contributed by atoms with Crippen LogP contribution in [-0.2, 0) is 4.79 Å². The maximum atomic E-state index is 12.5. The number of piperidine rings is 1. The molecule has 1 aromatic carbocycles. The quantitative estimate of drug-likeness (QED) is 0.879. The second kappa shape index (κ2) is 6.94. The predicted octanol–water partition coefficient (Wildman–Crippen LogP) is 2.74. The minimum Gasteiger partial charge on any atom is -0.490 e. The Labute approximate surface area is 148 Å². The molecule has 1 heterocycles. The Morgan fingerprint density at radius 1 is 1.20 bits per heavy atom. The summed E-state index contributed by atoms with van der Waals surface area (Å²) in [7, 11) is 0. The number of para-hydroxylation sites is 1. The van der Waals surface area contributed by atoms with Crippen molar-refractivity contribution in [2.24, 2.45) is 11.3 Å². The maximum absolute atomic E-state index is 12.5. The second-order valence-corrected chi connectivity index (χ2v) is 7.58. The lowest BCUT2D eigenvalue weighted by Crippen LogP contribution is -2.64. The molecule has 3 rings (SSSR count). The topological polar surface area (TPSA) is 78.9 Å². The van der Waals surface area contributed by atoms with Crippen LogP contribution < -0.4 is 10.1 Å². The van der Waals surface area contributed by atoms with Gasteiger partial charge in [0.25, 0.3) is 0 Å². The van der Waals surface area contributed by atoms with Crippen LogP contribution >= 0.6 is 0 Å². The van der Waals surface area contributed by atoms with Crippen LogP contribution in [0.3, 0.4) is 0 Å². The Morgan fingerprint density at radius 2 is 1.84 bits per heavy atom. The van der Waals surface area contributed by atoms with Gasteiger partial charge >= 0.3 is 12.0 Å². The number of hydrogen-bond donors (Lipinski definition) is 2. The summed E-state index contributed by atoms with van der Waals surface area (Å²) in [6.45, 7) is 5.21. The van der Waals surface area contributed by atoms with E-state index in [0.29, 0.717) is 25.9 Å². The average Bonchev–Trinajstić information content (AvgIpc) is 2.61. The van der Waals surface area contributed by atoms with Gasteiger partial charge in [-0.1, -0.05) is 32.0 Å². The van der Waals surface area contributed by atoms with Crippen molar-refractivity contribution in [1.82, 2.24) is 10.2 Å². The van der Waals surface area contributed by atoms with Crippen LogP contribution in [0.15, 0.2) is 30.3 Å². The number of carboxylic acid groups (broad SMARTS) is 1. The molecule has 136 valence electrons. The zero-order chi connectivity index (χ0) is 18.0. The van der Waals surface area contributed by atoms with E-state index < -0.39 is 5.97 Å². The van der Waals surface area contributed by atoms with E-state index in [0.717, 1.165) is 12.2 Å². The van der Waals surface area contributed by atoms with Crippen molar-refractivity contribution in [2.75, 3.05) is 13.1 Å². The number of carbonyl (C=O) groups excluding carboxylic acids is 1. The number of nitrogens with zero attached hydrogens (tertiary/aromatic N) is 1. The third-order valence-electron chi connectivity index (χ3n) is 5.63. The predicted molar refractivity (Wildman–Crippen MR) is 93.5 cm³/mol. The minimum absolute atomic E-state index is 0.0610. The van der Waals surface area contributed by atoms with Crippen molar-refractivity contribution in [3.05, 3.63) is 30.3 Å². The van der Waals surface area contributed by atoms with E-state index >= 15 is 0 Å². The van der Waals surface area contributed by atoms with Crippen LogP contribution in [0.25, 0.3) is 0 Å². The van der Waals surface area contributed by atoms with Gasteiger partial charge in [-0.15, -0.1) is 0 Å². The molecule has 0 unspecified atom stereocenters. The molecule has 0 bridgehead atoms. The first kappa shape index (κ1) is 17.6. The van der Waals surface area contributed by atoms with Gasteiger partial charge in [0.2, 0.25) is 0 Å². The van der Waals surface area contributed by atoms with E-state index in [2.05, 4.69) is 19.2 Å². The summed E-state index contributed by atoms with van der Waals surface area (Å²) >= 11 is 0. The van der Waals surface area contributed by atoms with Gasteiger partial charge in [0, 0.05) is 31.0 Å². The van der Waals surface area contributed by atoms with Crippen molar-refractivity contribution in [2.45, 2.75) is 45.3 Å². The molecule has 2 amide bonds. The average molecular weight is 346 g/mol. The molecule has 1 saturated heterocycles. The minimum atomic E-state index is -0.763. The van der Waals surface area contributed by atoms with E-state index in [1.165, 1.54) is 0 Å². The van der Waals surface area contributed by atoms with Gasteiger partial charge in [0.1, 0.15) is 11.9 Å². The van der Waals surface area contributed by atoms with Crippen LogP contribution in [0.4, 0.5) is 4.79 Å². The number of hydrogen-bond acceptors (Lipinski definition) is 3. The second-order valence-electron chi connectivity index (χ2n) is 7.58. The van der Waals surface area contributed by atoms with E-state index in [1.807, 2.05) is 30.3 Å². The third kappa shape index (κ3) is 3.72.